The molecule has 0 spiro atoms. The molecule has 0 aromatic heterocycles. The summed E-state index contributed by atoms with van der Waals surface area (Å²) in [7, 11) is 2.08. The molecule has 0 unspecified atom stereocenters. The SMILES string of the molecule is CCN(C)[C@@H]1CCN(C(=O)C2=N[C@H](C)C(=O)N(c3ccccc3)N2)C1. The minimum Gasteiger partial charge on any atom is -0.334 e. The molecule has 2 aliphatic heterocycles. The van der Waals surface area contributed by atoms with E-state index in [9.17, 15) is 9.59 Å². The number of benzene rings is 1. The molecule has 7 heteroatoms. The zero-order valence-electron chi connectivity index (χ0n) is 15.0. The molecule has 1 N–H and O–H groups in total. The second-order valence-electron chi connectivity index (χ2n) is 6.54. The Kier molecular flexibility index (Phi) is 5.03. The number of hydrogen-bond acceptors (Lipinski definition) is 5. The lowest BCUT2D eigenvalue weighted by molar-refractivity contribution is -0.124. The molecule has 2 heterocycles. The number of carbonyl (C=O) groups is 2. The van der Waals surface area contributed by atoms with Crippen molar-refractivity contribution in [3.05, 3.63) is 30.3 Å². The van der Waals surface area contributed by atoms with Gasteiger partial charge < -0.3 is 9.80 Å². The summed E-state index contributed by atoms with van der Waals surface area (Å²) in [4.78, 5) is 33.6. The van der Waals surface area contributed by atoms with E-state index < -0.39 is 6.04 Å². The Balaban J connectivity index is 1.75. The maximum Gasteiger partial charge on any atom is 0.290 e. The molecule has 0 radical (unpaired) electrons. The minimum atomic E-state index is -0.586. The molecule has 2 amide bonds. The predicted octanol–water partition coefficient (Wildman–Crippen LogP) is 0.877. The molecule has 1 saturated heterocycles. The van der Waals surface area contributed by atoms with Crippen LogP contribution in [0.2, 0.25) is 0 Å². The lowest BCUT2D eigenvalue weighted by Gasteiger charge is -2.32. The number of amides is 2. The lowest BCUT2D eigenvalue weighted by atomic mass is 10.2. The fraction of sp³-hybridized carbons (Fsp3) is 0.500. The Labute approximate surface area is 148 Å². The number of likely N-dealkylation sites (tertiary alicyclic amines) is 1. The summed E-state index contributed by atoms with van der Waals surface area (Å²) in [5.74, 6) is -0.0872. The first-order chi connectivity index (χ1) is 12.0. The zero-order valence-corrected chi connectivity index (χ0v) is 15.0. The van der Waals surface area contributed by atoms with Crippen LogP contribution < -0.4 is 10.4 Å². The summed E-state index contributed by atoms with van der Waals surface area (Å²) in [5.41, 5.74) is 3.61. The molecule has 0 aliphatic carbocycles. The molecule has 0 bridgehead atoms. The van der Waals surface area contributed by atoms with E-state index in [1.54, 1.807) is 6.92 Å². The van der Waals surface area contributed by atoms with Crippen LogP contribution in [-0.2, 0) is 9.59 Å². The number of aliphatic imine (C=N–C) groups is 1. The van der Waals surface area contributed by atoms with Crippen LogP contribution in [0.1, 0.15) is 20.3 Å². The van der Waals surface area contributed by atoms with Crippen LogP contribution in [-0.4, -0.2) is 66.2 Å². The maximum atomic E-state index is 12.9. The van der Waals surface area contributed by atoms with E-state index in [1.165, 1.54) is 5.01 Å². The standard InChI is InChI=1S/C18H25N5O2/c1-4-21(3)15-10-11-22(12-15)18(25)16-19-13(2)17(24)23(20-16)14-8-6-5-7-9-14/h5-9,13,15H,4,10-12H2,1-3H3,(H,19,20)/t13-,15-/m1/s1. The van der Waals surface area contributed by atoms with E-state index in [0.717, 1.165) is 13.0 Å². The van der Waals surface area contributed by atoms with Crippen molar-refractivity contribution in [1.82, 2.24) is 15.2 Å². The van der Waals surface area contributed by atoms with Gasteiger partial charge in [-0.15, -0.1) is 0 Å². The fourth-order valence-corrected chi connectivity index (χ4v) is 3.19. The molecule has 1 aromatic carbocycles. The van der Waals surface area contributed by atoms with E-state index in [4.69, 9.17) is 0 Å². The van der Waals surface area contributed by atoms with Gasteiger partial charge in [-0.1, -0.05) is 25.1 Å². The normalized spacial score (nSPS) is 23.7. The van der Waals surface area contributed by atoms with Crippen LogP contribution in [0.3, 0.4) is 0 Å². The van der Waals surface area contributed by atoms with E-state index in [2.05, 4.69) is 29.3 Å². The summed E-state index contributed by atoms with van der Waals surface area (Å²) < 4.78 is 0. The highest BCUT2D eigenvalue weighted by Crippen LogP contribution is 2.18. The first kappa shape index (κ1) is 17.4. The van der Waals surface area contributed by atoms with Gasteiger partial charge in [0.1, 0.15) is 6.04 Å². The third-order valence-electron chi connectivity index (χ3n) is 4.91. The van der Waals surface area contributed by atoms with Gasteiger partial charge in [-0.05, 0) is 39.1 Å². The Bertz CT molecular complexity index is 675. The van der Waals surface area contributed by atoms with Gasteiger partial charge in [0.2, 0.25) is 5.84 Å². The van der Waals surface area contributed by atoms with Gasteiger partial charge in [0.05, 0.1) is 5.69 Å². The second-order valence-corrected chi connectivity index (χ2v) is 6.54. The van der Waals surface area contributed by atoms with E-state index in [1.807, 2.05) is 35.2 Å². The molecule has 0 saturated carbocycles. The van der Waals surface area contributed by atoms with E-state index in [-0.39, 0.29) is 17.6 Å². The van der Waals surface area contributed by atoms with Crippen molar-refractivity contribution in [2.24, 2.45) is 4.99 Å². The topological polar surface area (TPSA) is 68.2 Å². The van der Waals surface area contributed by atoms with Crippen LogP contribution in [0.4, 0.5) is 5.69 Å². The fourth-order valence-electron chi connectivity index (χ4n) is 3.19. The molecule has 2 aliphatic rings. The smallest absolute Gasteiger partial charge is 0.290 e. The first-order valence-electron chi connectivity index (χ1n) is 8.74. The van der Waals surface area contributed by atoms with Crippen molar-refractivity contribution in [3.63, 3.8) is 0 Å². The number of rotatable bonds is 4. The highest BCUT2D eigenvalue weighted by atomic mass is 16.2. The number of hydrogen-bond donors (Lipinski definition) is 1. The van der Waals surface area contributed by atoms with Crippen molar-refractivity contribution in [3.8, 4) is 0 Å². The summed E-state index contributed by atoms with van der Waals surface area (Å²) in [6.45, 7) is 6.19. The van der Waals surface area contributed by atoms with E-state index in [0.29, 0.717) is 24.8 Å². The van der Waals surface area contributed by atoms with Crippen LogP contribution >= 0.6 is 0 Å². The molecule has 7 nitrogen and oxygen atoms in total. The van der Waals surface area contributed by atoms with Gasteiger partial charge >= 0.3 is 0 Å². The molecule has 1 aromatic rings. The van der Waals surface area contributed by atoms with Gasteiger partial charge in [0, 0.05) is 19.1 Å². The number of carbonyl (C=O) groups excluding carboxylic acids is 2. The van der Waals surface area contributed by atoms with Crippen molar-refractivity contribution < 1.29 is 9.59 Å². The van der Waals surface area contributed by atoms with Crippen LogP contribution in [0.25, 0.3) is 0 Å². The highest BCUT2D eigenvalue weighted by molar-refractivity contribution is 6.39. The molecule has 1 fully saturated rings. The van der Waals surface area contributed by atoms with Crippen molar-refractivity contribution in [2.45, 2.75) is 32.4 Å². The minimum absolute atomic E-state index is 0.146. The lowest BCUT2D eigenvalue weighted by Crippen LogP contribution is -2.58. The van der Waals surface area contributed by atoms with Crippen LogP contribution in [0, 0.1) is 0 Å². The number of nitrogens with zero attached hydrogens (tertiary/aromatic N) is 4. The molecular weight excluding hydrogens is 318 g/mol. The van der Waals surface area contributed by atoms with Gasteiger partial charge in [-0.3, -0.25) is 15.0 Å². The molecule has 134 valence electrons. The third kappa shape index (κ3) is 3.51. The largest absolute Gasteiger partial charge is 0.334 e. The summed E-state index contributed by atoms with van der Waals surface area (Å²) >= 11 is 0. The zero-order chi connectivity index (χ0) is 18.0. The monoisotopic (exact) mass is 343 g/mol. The number of anilines is 1. The Hall–Kier alpha value is -2.41. The summed E-state index contributed by atoms with van der Waals surface area (Å²) in [5, 5.41) is 1.41. The maximum absolute atomic E-state index is 12.9. The molecule has 25 heavy (non-hydrogen) atoms. The number of amidine groups is 1. The molecular formula is C18H25N5O2. The Morgan fingerprint density at radius 2 is 2.08 bits per heavy atom. The van der Waals surface area contributed by atoms with E-state index >= 15 is 0 Å². The van der Waals surface area contributed by atoms with Gasteiger partial charge in [0.25, 0.3) is 11.8 Å². The summed E-state index contributed by atoms with van der Waals surface area (Å²) in [6, 6.07) is 9.04. The predicted molar refractivity (Wildman–Crippen MR) is 97.2 cm³/mol. The number of nitrogens with one attached hydrogen (secondary N) is 1. The first-order valence-corrected chi connectivity index (χ1v) is 8.74. The average molecular weight is 343 g/mol. The van der Waals surface area contributed by atoms with Crippen molar-refractivity contribution >= 4 is 23.3 Å². The Morgan fingerprint density at radius 3 is 2.76 bits per heavy atom. The number of likely N-dealkylation sites (N-methyl/N-ethyl adjacent to an activating group) is 1. The Morgan fingerprint density at radius 1 is 1.36 bits per heavy atom. The molecule has 2 atom stereocenters. The summed E-state index contributed by atoms with van der Waals surface area (Å²) in [6.07, 6.45) is 0.959. The highest BCUT2D eigenvalue weighted by Gasteiger charge is 2.35. The van der Waals surface area contributed by atoms with Crippen LogP contribution in [0.15, 0.2) is 35.3 Å². The second kappa shape index (κ2) is 7.23. The van der Waals surface area contributed by atoms with Gasteiger partial charge in [0.15, 0.2) is 0 Å². The quantitative estimate of drug-likeness (QED) is 0.881. The van der Waals surface area contributed by atoms with Gasteiger partial charge in [-0.25, -0.2) is 10.0 Å². The third-order valence-corrected chi connectivity index (χ3v) is 4.91. The number of hydrazine groups is 1. The van der Waals surface area contributed by atoms with Crippen molar-refractivity contribution in [2.75, 3.05) is 31.7 Å². The molecule has 3 rings (SSSR count). The van der Waals surface area contributed by atoms with Crippen LogP contribution in [0.5, 0.6) is 0 Å². The van der Waals surface area contributed by atoms with Crippen molar-refractivity contribution in [1.29, 1.82) is 0 Å². The average Bonchev–Trinajstić information content (AvgIpc) is 3.13. The van der Waals surface area contributed by atoms with Gasteiger partial charge in [-0.2, -0.15) is 0 Å². The number of para-hydroxylation sites is 1.